The van der Waals surface area contributed by atoms with Crippen LogP contribution in [0, 0.1) is 10.8 Å². The van der Waals surface area contributed by atoms with Crippen molar-refractivity contribution in [2.75, 3.05) is 6.61 Å². The summed E-state index contributed by atoms with van der Waals surface area (Å²) in [7, 11) is 0. The Morgan fingerprint density at radius 1 is 1.22 bits per heavy atom. The molecule has 4 heteroatoms. The molecule has 1 heterocycles. The lowest BCUT2D eigenvalue weighted by Crippen LogP contribution is -2.56. The summed E-state index contributed by atoms with van der Waals surface area (Å²) in [6.07, 6.45) is 1.19. The van der Waals surface area contributed by atoms with Crippen LogP contribution in [-0.4, -0.2) is 24.8 Å². The topological polar surface area (TPSA) is 44.8 Å². The fourth-order valence-electron chi connectivity index (χ4n) is 4.08. The van der Waals surface area contributed by atoms with Gasteiger partial charge < -0.3 is 14.2 Å². The maximum absolute atomic E-state index is 11.4. The summed E-state index contributed by atoms with van der Waals surface area (Å²) in [4.78, 5) is 11.4. The first-order valence-corrected chi connectivity index (χ1v) is 8.29. The molecular weight excluding hydrogens is 292 g/mol. The minimum absolute atomic E-state index is 0.0267. The van der Waals surface area contributed by atoms with Crippen LogP contribution in [-0.2, 0) is 19.0 Å². The van der Waals surface area contributed by atoms with E-state index in [1.807, 2.05) is 30.3 Å². The van der Waals surface area contributed by atoms with Gasteiger partial charge in [-0.3, -0.25) is 4.79 Å². The van der Waals surface area contributed by atoms with Crippen molar-refractivity contribution in [1.29, 1.82) is 0 Å². The van der Waals surface area contributed by atoms with E-state index in [-0.39, 0.29) is 35.3 Å². The molecule has 4 unspecified atom stereocenters. The van der Waals surface area contributed by atoms with Gasteiger partial charge in [0, 0.05) is 29.7 Å². The van der Waals surface area contributed by atoms with Gasteiger partial charge in [0.15, 0.2) is 6.29 Å². The van der Waals surface area contributed by atoms with Gasteiger partial charge in [0.05, 0.1) is 12.7 Å². The van der Waals surface area contributed by atoms with Crippen molar-refractivity contribution in [3.8, 4) is 0 Å². The van der Waals surface area contributed by atoms with Crippen LogP contribution in [0.25, 0.3) is 0 Å². The first kappa shape index (κ1) is 16.5. The van der Waals surface area contributed by atoms with Crippen molar-refractivity contribution in [3.05, 3.63) is 35.9 Å². The normalized spacial score (nSPS) is 36.1. The van der Waals surface area contributed by atoms with Crippen LogP contribution in [0.3, 0.4) is 0 Å². The highest BCUT2D eigenvalue weighted by Crippen LogP contribution is 2.52. The number of fused-ring (bicyclic) bond motifs is 1. The molecule has 0 bridgehead atoms. The van der Waals surface area contributed by atoms with Gasteiger partial charge in [0.1, 0.15) is 6.10 Å². The standard InChI is InChI=1S/C19H26O4/c1-13(20)22-15-10-16-19(4,11-18(15,2)3)12-21-17(23-16)14-8-6-5-7-9-14/h5-9,15-17H,10-12H2,1-4H3. The maximum atomic E-state index is 11.4. The van der Waals surface area contributed by atoms with E-state index in [0.29, 0.717) is 6.61 Å². The van der Waals surface area contributed by atoms with E-state index >= 15 is 0 Å². The average molecular weight is 318 g/mol. The number of hydrogen-bond donors (Lipinski definition) is 0. The molecular formula is C19H26O4. The molecule has 3 rings (SSSR count). The molecule has 4 atom stereocenters. The molecule has 1 aromatic carbocycles. The predicted octanol–water partition coefficient (Wildman–Crippen LogP) is 3.86. The number of rotatable bonds is 2. The van der Waals surface area contributed by atoms with E-state index in [2.05, 4.69) is 20.8 Å². The number of carbonyl (C=O) groups is 1. The fourth-order valence-corrected chi connectivity index (χ4v) is 4.08. The van der Waals surface area contributed by atoms with Crippen LogP contribution >= 0.6 is 0 Å². The molecule has 0 spiro atoms. The Hall–Kier alpha value is -1.39. The highest BCUT2D eigenvalue weighted by molar-refractivity contribution is 5.66. The summed E-state index contributed by atoms with van der Waals surface area (Å²) >= 11 is 0. The summed E-state index contributed by atoms with van der Waals surface area (Å²) in [5.41, 5.74) is 0.901. The Morgan fingerprint density at radius 2 is 1.91 bits per heavy atom. The molecule has 0 amide bonds. The van der Waals surface area contributed by atoms with Crippen molar-refractivity contribution in [2.24, 2.45) is 10.8 Å². The smallest absolute Gasteiger partial charge is 0.302 e. The SMILES string of the molecule is CC(=O)OC1CC2OC(c3ccccc3)OCC2(C)CC1(C)C. The molecule has 2 fully saturated rings. The largest absolute Gasteiger partial charge is 0.462 e. The Labute approximate surface area is 138 Å². The van der Waals surface area contributed by atoms with Crippen LogP contribution < -0.4 is 0 Å². The summed E-state index contributed by atoms with van der Waals surface area (Å²) < 4.78 is 17.9. The van der Waals surface area contributed by atoms with Crippen molar-refractivity contribution in [2.45, 2.75) is 59.0 Å². The molecule has 0 N–H and O–H groups in total. The third-order valence-corrected chi connectivity index (χ3v) is 5.17. The number of benzene rings is 1. The van der Waals surface area contributed by atoms with Gasteiger partial charge in [-0.1, -0.05) is 51.1 Å². The first-order chi connectivity index (χ1) is 10.8. The molecule has 126 valence electrons. The molecule has 1 aliphatic carbocycles. The van der Waals surface area contributed by atoms with Crippen molar-refractivity contribution < 1.29 is 19.0 Å². The molecule has 0 radical (unpaired) electrons. The molecule has 1 saturated heterocycles. The maximum Gasteiger partial charge on any atom is 0.302 e. The summed E-state index contributed by atoms with van der Waals surface area (Å²) in [5.74, 6) is -0.224. The fraction of sp³-hybridized carbons (Fsp3) is 0.632. The zero-order valence-electron chi connectivity index (χ0n) is 14.4. The average Bonchev–Trinajstić information content (AvgIpc) is 2.47. The molecule has 1 aliphatic heterocycles. The van der Waals surface area contributed by atoms with E-state index in [4.69, 9.17) is 14.2 Å². The van der Waals surface area contributed by atoms with Gasteiger partial charge in [0.25, 0.3) is 0 Å². The van der Waals surface area contributed by atoms with E-state index in [9.17, 15) is 4.79 Å². The number of esters is 1. The molecule has 23 heavy (non-hydrogen) atoms. The third kappa shape index (κ3) is 3.29. The zero-order valence-corrected chi connectivity index (χ0v) is 14.4. The number of carbonyl (C=O) groups excluding carboxylic acids is 1. The van der Waals surface area contributed by atoms with E-state index in [1.54, 1.807) is 0 Å². The third-order valence-electron chi connectivity index (χ3n) is 5.17. The summed E-state index contributed by atoms with van der Waals surface area (Å²) in [6, 6.07) is 9.99. The van der Waals surface area contributed by atoms with Crippen molar-refractivity contribution in [1.82, 2.24) is 0 Å². The van der Waals surface area contributed by atoms with Crippen LogP contribution in [0.2, 0.25) is 0 Å². The van der Waals surface area contributed by atoms with Gasteiger partial charge in [-0.2, -0.15) is 0 Å². The van der Waals surface area contributed by atoms with Crippen LogP contribution in [0.5, 0.6) is 0 Å². The van der Waals surface area contributed by atoms with E-state index in [0.717, 1.165) is 18.4 Å². The van der Waals surface area contributed by atoms with Crippen molar-refractivity contribution in [3.63, 3.8) is 0 Å². The van der Waals surface area contributed by atoms with Crippen molar-refractivity contribution >= 4 is 5.97 Å². The van der Waals surface area contributed by atoms with E-state index < -0.39 is 0 Å². The van der Waals surface area contributed by atoms with E-state index in [1.165, 1.54) is 6.92 Å². The Kier molecular flexibility index (Phi) is 4.23. The minimum Gasteiger partial charge on any atom is -0.462 e. The molecule has 0 aromatic heterocycles. The second-order valence-electron chi connectivity index (χ2n) is 7.83. The first-order valence-electron chi connectivity index (χ1n) is 8.29. The van der Waals surface area contributed by atoms with Gasteiger partial charge in [-0.05, 0) is 6.42 Å². The Balaban J connectivity index is 1.79. The summed E-state index contributed by atoms with van der Waals surface area (Å²) in [6.45, 7) is 8.66. The molecule has 4 nitrogen and oxygen atoms in total. The number of hydrogen-bond acceptors (Lipinski definition) is 4. The highest BCUT2D eigenvalue weighted by Gasteiger charge is 2.53. The molecule has 1 saturated carbocycles. The van der Waals surface area contributed by atoms with Gasteiger partial charge in [-0.25, -0.2) is 0 Å². The highest BCUT2D eigenvalue weighted by atomic mass is 16.7. The molecule has 2 aliphatic rings. The second-order valence-corrected chi connectivity index (χ2v) is 7.83. The monoisotopic (exact) mass is 318 g/mol. The van der Waals surface area contributed by atoms with Gasteiger partial charge in [-0.15, -0.1) is 0 Å². The van der Waals surface area contributed by atoms with Crippen LogP contribution in [0.1, 0.15) is 52.4 Å². The second kappa shape index (κ2) is 5.91. The van der Waals surface area contributed by atoms with Crippen LogP contribution in [0.4, 0.5) is 0 Å². The molecule has 1 aromatic rings. The minimum atomic E-state index is -0.339. The lowest BCUT2D eigenvalue weighted by molar-refractivity contribution is -0.296. The lowest BCUT2D eigenvalue weighted by Gasteiger charge is -2.54. The summed E-state index contributed by atoms with van der Waals surface area (Å²) in [5, 5.41) is 0. The Bertz CT molecular complexity index is 568. The van der Waals surface area contributed by atoms with Gasteiger partial charge >= 0.3 is 5.97 Å². The number of ether oxygens (including phenoxy) is 3. The Morgan fingerprint density at radius 3 is 2.57 bits per heavy atom. The zero-order chi connectivity index (χ0) is 16.7. The van der Waals surface area contributed by atoms with Crippen LogP contribution in [0.15, 0.2) is 30.3 Å². The lowest BCUT2D eigenvalue weighted by atomic mass is 9.61. The van der Waals surface area contributed by atoms with Gasteiger partial charge in [0.2, 0.25) is 0 Å². The predicted molar refractivity (Wildman–Crippen MR) is 86.7 cm³/mol. The quantitative estimate of drug-likeness (QED) is 0.777.